The van der Waals surface area contributed by atoms with Gasteiger partial charge in [-0.05, 0) is 24.3 Å². The van der Waals surface area contributed by atoms with Gasteiger partial charge in [0.2, 0.25) is 0 Å². The molecule has 7 nitrogen and oxygen atoms in total. The van der Waals surface area contributed by atoms with Crippen LogP contribution < -0.4 is 82.2 Å². The summed E-state index contributed by atoms with van der Waals surface area (Å²) in [7, 11) is 0. The third kappa shape index (κ3) is 7.37. The normalized spacial score (nSPS) is 15.0. The molecule has 2 aromatic carbocycles. The van der Waals surface area contributed by atoms with Crippen molar-refractivity contribution < 1.29 is 91.8 Å². The van der Waals surface area contributed by atoms with Gasteiger partial charge in [0.05, 0.1) is 25.8 Å². The molecule has 0 spiro atoms. The number of ether oxygens (including phenoxy) is 5. The number of hydrogen-bond donors (Lipinski definition) is 0. The maximum Gasteiger partial charge on any atom is 1.00 e. The number of aliphatic carboxylic acids is 1. The summed E-state index contributed by atoms with van der Waals surface area (Å²) in [5.41, 5.74) is 0. The summed E-state index contributed by atoms with van der Waals surface area (Å²) in [4.78, 5) is 10.7. The van der Waals surface area contributed by atoms with E-state index in [0.717, 1.165) is 0 Å². The number of fused-ring (bicyclic) bond motifs is 2. The predicted molar refractivity (Wildman–Crippen MR) is 94.2 cm³/mol. The number of carboxylic acids is 1. The number of benzene rings is 2. The summed E-state index contributed by atoms with van der Waals surface area (Å²) < 4.78 is 28.5. The second-order valence-electron chi connectivity index (χ2n) is 5.87. The molecule has 0 fully saturated rings. The van der Waals surface area contributed by atoms with E-state index in [0.29, 0.717) is 42.6 Å². The molecule has 0 unspecified atom stereocenters. The van der Waals surface area contributed by atoms with Crippen molar-refractivity contribution in [2.75, 3.05) is 33.0 Å². The Morgan fingerprint density at radius 1 is 0.857 bits per heavy atom. The Labute approximate surface area is 212 Å². The Kier molecular flexibility index (Phi) is 10.3. The number of rotatable bonds is 3. The molecule has 0 atom stereocenters. The van der Waals surface area contributed by atoms with Crippen molar-refractivity contribution in [3.8, 4) is 23.0 Å². The minimum Gasteiger partial charge on any atom is -0.548 e. The molecular weight excluding hydrogens is 438 g/mol. The van der Waals surface area contributed by atoms with Crippen LogP contribution in [0, 0.1) is 0 Å². The number of carbonyl (C=O) groups is 1. The molecule has 3 rings (SSSR count). The van der Waals surface area contributed by atoms with Crippen LogP contribution in [0.2, 0.25) is 0 Å². The minimum absolute atomic E-state index is 0. The van der Waals surface area contributed by atoms with Crippen molar-refractivity contribution in [1.82, 2.24) is 0 Å². The molecule has 0 radical (unpaired) electrons. The van der Waals surface area contributed by atoms with Crippen LogP contribution in [0.5, 0.6) is 23.0 Å². The van der Waals surface area contributed by atoms with E-state index in [4.69, 9.17) is 23.7 Å². The van der Waals surface area contributed by atoms with E-state index in [-0.39, 0.29) is 71.4 Å². The van der Waals surface area contributed by atoms with Crippen molar-refractivity contribution in [3.05, 3.63) is 48.5 Å². The van der Waals surface area contributed by atoms with Gasteiger partial charge in [-0.1, -0.05) is 24.3 Å². The fourth-order valence-electron chi connectivity index (χ4n) is 2.50. The maximum atomic E-state index is 10.7. The van der Waals surface area contributed by atoms with Gasteiger partial charge in [-0.25, -0.2) is 0 Å². The SMILES string of the molecule is O=C([O-])COC1COc2ccccc2OCCCOc2ccccc2OC1.[Rb+]. The summed E-state index contributed by atoms with van der Waals surface area (Å²) in [6, 6.07) is 14.6. The van der Waals surface area contributed by atoms with Crippen molar-refractivity contribution in [2.24, 2.45) is 0 Å². The second kappa shape index (κ2) is 12.4. The van der Waals surface area contributed by atoms with Gasteiger partial charge in [-0.2, -0.15) is 0 Å². The predicted octanol–water partition coefficient (Wildman–Crippen LogP) is -1.56. The molecule has 1 heterocycles. The zero-order valence-electron chi connectivity index (χ0n) is 15.8. The van der Waals surface area contributed by atoms with E-state index >= 15 is 0 Å². The minimum atomic E-state index is -1.30. The number of carbonyl (C=O) groups excluding carboxylic acids is 1. The van der Waals surface area contributed by atoms with Crippen LogP contribution in [0.15, 0.2) is 48.5 Å². The van der Waals surface area contributed by atoms with Gasteiger partial charge in [0.15, 0.2) is 23.0 Å². The van der Waals surface area contributed by atoms with Gasteiger partial charge >= 0.3 is 58.2 Å². The van der Waals surface area contributed by atoms with Crippen molar-refractivity contribution >= 4 is 5.97 Å². The fourth-order valence-corrected chi connectivity index (χ4v) is 2.50. The van der Waals surface area contributed by atoms with Crippen LogP contribution in [-0.4, -0.2) is 45.1 Å². The molecule has 0 aromatic heterocycles. The van der Waals surface area contributed by atoms with Crippen LogP contribution >= 0.6 is 0 Å². The zero-order chi connectivity index (χ0) is 18.9. The third-order valence-corrected chi connectivity index (χ3v) is 3.79. The Balaban J connectivity index is 0.00000280. The first kappa shape index (κ1) is 23.2. The molecule has 1 aliphatic heterocycles. The topological polar surface area (TPSA) is 86.3 Å². The zero-order valence-corrected chi connectivity index (χ0v) is 20.7. The van der Waals surface area contributed by atoms with Crippen LogP contribution in [0.1, 0.15) is 6.42 Å². The molecule has 0 saturated heterocycles. The molecule has 1 aliphatic rings. The number of para-hydroxylation sites is 4. The van der Waals surface area contributed by atoms with E-state index in [1.54, 1.807) is 12.1 Å². The molecule has 2 aromatic rings. The Morgan fingerprint density at radius 3 is 1.71 bits per heavy atom. The molecule has 8 heteroatoms. The maximum absolute atomic E-state index is 10.7. The standard InChI is InChI=1S/C20H22O7.Rb/c21-20(22)14-25-15-12-26-18-8-3-1-6-16(18)23-10-5-11-24-17-7-2-4-9-19(17)27-13-15;/h1-4,6-9,15H,5,10-14H2,(H,21,22);/q;+1/p-1. The first-order chi connectivity index (χ1) is 13.2. The van der Waals surface area contributed by atoms with Gasteiger partial charge < -0.3 is 33.6 Å². The van der Waals surface area contributed by atoms with Crippen LogP contribution in [0.3, 0.4) is 0 Å². The molecule has 144 valence electrons. The Morgan fingerprint density at radius 2 is 1.29 bits per heavy atom. The van der Waals surface area contributed by atoms with Gasteiger partial charge in [0.1, 0.15) is 19.3 Å². The summed E-state index contributed by atoms with van der Waals surface area (Å²) in [5, 5.41) is 10.7. The Hall–Kier alpha value is -1.12. The van der Waals surface area contributed by atoms with Gasteiger partial charge in [-0.3, -0.25) is 0 Å². The third-order valence-electron chi connectivity index (χ3n) is 3.79. The number of hydrogen-bond acceptors (Lipinski definition) is 7. The largest absolute Gasteiger partial charge is 1.00 e. The van der Waals surface area contributed by atoms with Crippen LogP contribution in [0.4, 0.5) is 0 Å². The summed E-state index contributed by atoms with van der Waals surface area (Å²) >= 11 is 0. The molecule has 0 saturated carbocycles. The van der Waals surface area contributed by atoms with Crippen LogP contribution in [-0.2, 0) is 9.53 Å². The fraction of sp³-hybridized carbons (Fsp3) is 0.350. The van der Waals surface area contributed by atoms with Gasteiger partial charge in [-0.15, -0.1) is 0 Å². The van der Waals surface area contributed by atoms with Crippen molar-refractivity contribution in [2.45, 2.75) is 12.5 Å². The summed E-state index contributed by atoms with van der Waals surface area (Å²) in [6.45, 7) is 0.572. The first-order valence-corrected chi connectivity index (χ1v) is 8.73. The molecule has 0 amide bonds. The molecular formula is C20H21O7Rb. The van der Waals surface area contributed by atoms with E-state index in [1.165, 1.54) is 0 Å². The van der Waals surface area contributed by atoms with E-state index in [1.807, 2.05) is 36.4 Å². The molecule has 0 bridgehead atoms. The average molecular weight is 459 g/mol. The first-order valence-electron chi connectivity index (χ1n) is 8.73. The van der Waals surface area contributed by atoms with Crippen LogP contribution in [0.25, 0.3) is 0 Å². The van der Waals surface area contributed by atoms with E-state index < -0.39 is 18.7 Å². The monoisotopic (exact) mass is 458 g/mol. The molecule has 28 heavy (non-hydrogen) atoms. The van der Waals surface area contributed by atoms with Gasteiger partial charge in [0.25, 0.3) is 0 Å². The summed E-state index contributed by atoms with van der Waals surface area (Å²) in [6.07, 6.45) is 0.0759. The molecule has 0 aliphatic carbocycles. The molecule has 0 N–H and O–H groups in total. The summed E-state index contributed by atoms with van der Waals surface area (Å²) in [5.74, 6) is 1.02. The second-order valence-corrected chi connectivity index (χ2v) is 5.87. The Bertz CT molecular complexity index is 699. The average Bonchev–Trinajstić information content (AvgIpc) is 2.68. The van der Waals surface area contributed by atoms with E-state index in [9.17, 15) is 9.90 Å². The smallest absolute Gasteiger partial charge is 0.548 e. The van der Waals surface area contributed by atoms with E-state index in [2.05, 4.69) is 0 Å². The van der Waals surface area contributed by atoms with Gasteiger partial charge in [0, 0.05) is 6.42 Å². The van der Waals surface area contributed by atoms with Crippen molar-refractivity contribution in [1.29, 1.82) is 0 Å². The quantitative estimate of drug-likeness (QED) is 0.550. The number of carboxylic acid groups (broad SMARTS) is 1. The van der Waals surface area contributed by atoms with Crippen molar-refractivity contribution in [3.63, 3.8) is 0 Å².